The summed E-state index contributed by atoms with van der Waals surface area (Å²) in [6.45, 7) is 5.09. The van der Waals surface area contributed by atoms with Crippen molar-refractivity contribution in [3.63, 3.8) is 0 Å². The number of hydrogen-bond donors (Lipinski definition) is 0. The quantitative estimate of drug-likeness (QED) is 0.643. The number of halogens is 2. The van der Waals surface area contributed by atoms with Gasteiger partial charge < -0.3 is 4.74 Å². The van der Waals surface area contributed by atoms with Crippen molar-refractivity contribution in [1.82, 2.24) is 4.90 Å². The molecule has 0 aromatic heterocycles. The monoisotopic (exact) mass is 396 g/mol. The molecular formula is C20H26Cl2N2O2. The number of nitriles is 1. The van der Waals surface area contributed by atoms with E-state index in [1.807, 2.05) is 0 Å². The molecule has 1 aromatic rings. The van der Waals surface area contributed by atoms with Gasteiger partial charge in [0.25, 0.3) is 0 Å². The van der Waals surface area contributed by atoms with Gasteiger partial charge in [-0.15, -0.1) is 0 Å². The molecule has 142 valence electrons. The first-order valence-corrected chi connectivity index (χ1v) is 9.78. The van der Waals surface area contributed by atoms with Crippen LogP contribution in [-0.4, -0.2) is 36.6 Å². The molecule has 3 unspecified atom stereocenters. The van der Waals surface area contributed by atoms with Gasteiger partial charge in [-0.2, -0.15) is 5.26 Å². The molecule has 4 nitrogen and oxygen atoms in total. The molecule has 1 aromatic carbocycles. The number of ether oxygens (including phenoxy) is 1. The van der Waals surface area contributed by atoms with Crippen LogP contribution in [0.5, 0.6) is 0 Å². The fraction of sp³-hybridized carbons (Fsp3) is 0.600. The summed E-state index contributed by atoms with van der Waals surface area (Å²) < 4.78 is 4.99. The molecule has 0 N–H and O–H groups in total. The first-order valence-electron chi connectivity index (χ1n) is 9.02. The molecule has 0 bridgehead atoms. The van der Waals surface area contributed by atoms with Gasteiger partial charge in [0, 0.05) is 35.1 Å². The van der Waals surface area contributed by atoms with E-state index in [-0.39, 0.29) is 6.42 Å². The Hall–Kier alpha value is -1.28. The van der Waals surface area contributed by atoms with Crippen LogP contribution in [0.2, 0.25) is 10.0 Å². The Morgan fingerprint density at radius 3 is 2.54 bits per heavy atom. The number of rotatable bonds is 6. The second-order valence-electron chi connectivity index (χ2n) is 7.21. The summed E-state index contributed by atoms with van der Waals surface area (Å²) >= 11 is 12.2. The molecule has 0 aliphatic carbocycles. The van der Waals surface area contributed by atoms with Gasteiger partial charge in [0.2, 0.25) is 0 Å². The molecule has 0 saturated carbocycles. The Morgan fingerprint density at radius 1 is 1.35 bits per heavy atom. The Morgan fingerprint density at radius 2 is 2.00 bits per heavy atom. The lowest BCUT2D eigenvalue weighted by Crippen LogP contribution is -2.46. The van der Waals surface area contributed by atoms with E-state index in [0.29, 0.717) is 35.1 Å². The summed E-state index contributed by atoms with van der Waals surface area (Å²) in [5.41, 5.74) is -0.536. The standard InChI is InChI=1S/C20H26Cl2N2O2/c1-14-5-4-6-15(2)24(14)10-9-20(13-23,19(25)26-3)12-16-7-8-17(21)11-18(16)22/h7-8,11,14-15H,4-6,9-10,12H2,1-3H3. The third-order valence-electron chi connectivity index (χ3n) is 5.47. The summed E-state index contributed by atoms with van der Waals surface area (Å²) in [4.78, 5) is 14.9. The molecule has 1 heterocycles. The smallest absolute Gasteiger partial charge is 0.326 e. The molecule has 1 fully saturated rings. The Labute approximate surface area is 166 Å². The molecule has 1 saturated heterocycles. The number of nitrogens with zero attached hydrogens (tertiary/aromatic N) is 2. The number of carbonyl (C=O) groups excluding carboxylic acids is 1. The van der Waals surface area contributed by atoms with Gasteiger partial charge in [0.1, 0.15) is 0 Å². The Kier molecular flexibility index (Phi) is 7.34. The average Bonchev–Trinajstić information content (AvgIpc) is 2.61. The summed E-state index contributed by atoms with van der Waals surface area (Å²) in [5.74, 6) is -0.511. The zero-order chi connectivity index (χ0) is 19.3. The van der Waals surface area contributed by atoms with Gasteiger partial charge in [0.15, 0.2) is 5.41 Å². The van der Waals surface area contributed by atoms with Crippen LogP contribution in [0.15, 0.2) is 18.2 Å². The number of piperidine rings is 1. The minimum absolute atomic E-state index is 0.211. The minimum atomic E-state index is -1.26. The number of hydrogen-bond acceptors (Lipinski definition) is 4. The van der Waals surface area contributed by atoms with Gasteiger partial charge >= 0.3 is 5.97 Å². The van der Waals surface area contributed by atoms with Crippen LogP contribution in [-0.2, 0) is 16.0 Å². The van der Waals surface area contributed by atoms with Crippen LogP contribution in [0.4, 0.5) is 0 Å². The molecule has 0 spiro atoms. The maximum atomic E-state index is 12.6. The summed E-state index contributed by atoms with van der Waals surface area (Å²) in [6.07, 6.45) is 4.13. The molecule has 0 amide bonds. The van der Waals surface area contributed by atoms with E-state index in [0.717, 1.165) is 18.4 Å². The number of likely N-dealkylation sites (tertiary alicyclic amines) is 1. The van der Waals surface area contributed by atoms with Gasteiger partial charge in [0.05, 0.1) is 13.2 Å². The molecule has 0 radical (unpaired) electrons. The van der Waals surface area contributed by atoms with Crippen LogP contribution >= 0.6 is 23.2 Å². The normalized spacial score (nSPS) is 23.1. The van der Waals surface area contributed by atoms with Crippen molar-refractivity contribution in [3.05, 3.63) is 33.8 Å². The average molecular weight is 397 g/mol. The maximum absolute atomic E-state index is 12.6. The highest BCUT2D eigenvalue weighted by atomic mass is 35.5. The lowest BCUT2D eigenvalue weighted by molar-refractivity contribution is -0.150. The summed E-state index contributed by atoms with van der Waals surface area (Å²) in [5, 5.41) is 10.9. The highest BCUT2D eigenvalue weighted by Crippen LogP contribution is 2.34. The van der Waals surface area contributed by atoms with Gasteiger partial charge in [-0.25, -0.2) is 0 Å². The summed E-state index contributed by atoms with van der Waals surface area (Å²) in [7, 11) is 1.32. The SMILES string of the molecule is COC(=O)C(C#N)(CCN1C(C)CCCC1C)Cc1ccc(Cl)cc1Cl. The molecule has 1 aliphatic heterocycles. The van der Waals surface area contributed by atoms with Crippen molar-refractivity contribution in [3.8, 4) is 6.07 Å². The Bertz CT molecular complexity index is 679. The van der Waals surface area contributed by atoms with Crippen molar-refractivity contribution < 1.29 is 9.53 Å². The number of benzene rings is 1. The number of carbonyl (C=O) groups is 1. The predicted octanol–water partition coefficient (Wildman–Crippen LogP) is 4.87. The first kappa shape index (κ1) is 21.0. The van der Waals surface area contributed by atoms with E-state index >= 15 is 0 Å². The van der Waals surface area contributed by atoms with Gasteiger partial charge in [-0.3, -0.25) is 9.69 Å². The van der Waals surface area contributed by atoms with E-state index < -0.39 is 11.4 Å². The van der Waals surface area contributed by atoms with E-state index in [4.69, 9.17) is 27.9 Å². The summed E-state index contributed by atoms with van der Waals surface area (Å²) in [6, 6.07) is 8.26. The van der Waals surface area contributed by atoms with E-state index in [9.17, 15) is 10.1 Å². The third kappa shape index (κ3) is 4.71. The molecule has 26 heavy (non-hydrogen) atoms. The Balaban J connectivity index is 2.24. The van der Waals surface area contributed by atoms with Crippen LogP contribution in [0.1, 0.15) is 45.1 Å². The van der Waals surface area contributed by atoms with Crippen molar-refractivity contribution in [2.75, 3.05) is 13.7 Å². The van der Waals surface area contributed by atoms with Crippen LogP contribution in [0.3, 0.4) is 0 Å². The van der Waals surface area contributed by atoms with Crippen LogP contribution in [0.25, 0.3) is 0 Å². The lowest BCUT2D eigenvalue weighted by atomic mass is 9.79. The number of methoxy groups -OCH3 is 1. The topological polar surface area (TPSA) is 53.3 Å². The van der Waals surface area contributed by atoms with Crippen molar-refractivity contribution in [2.45, 2.75) is 58.0 Å². The van der Waals surface area contributed by atoms with Crippen molar-refractivity contribution >= 4 is 29.2 Å². The maximum Gasteiger partial charge on any atom is 0.326 e. The molecular weight excluding hydrogens is 371 g/mol. The molecule has 3 atom stereocenters. The van der Waals surface area contributed by atoms with E-state index in [2.05, 4.69) is 24.8 Å². The second kappa shape index (κ2) is 9.08. The second-order valence-corrected chi connectivity index (χ2v) is 8.06. The van der Waals surface area contributed by atoms with E-state index in [1.165, 1.54) is 13.5 Å². The lowest BCUT2D eigenvalue weighted by Gasteiger charge is -2.40. The van der Waals surface area contributed by atoms with Gasteiger partial charge in [-0.05, 0) is 50.8 Å². The van der Waals surface area contributed by atoms with Crippen LogP contribution in [0, 0.1) is 16.7 Å². The molecule has 1 aliphatic rings. The largest absolute Gasteiger partial charge is 0.468 e. The zero-order valence-electron chi connectivity index (χ0n) is 15.6. The molecule has 6 heteroatoms. The predicted molar refractivity (Wildman–Crippen MR) is 104 cm³/mol. The highest BCUT2D eigenvalue weighted by Gasteiger charge is 2.41. The fourth-order valence-electron chi connectivity index (χ4n) is 3.82. The van der Waals surface area contributed by atoms with Crippen molar-refractivity contribution in [2.24, 2.45) is 5.41 Å². The highest BCUT2D eigenvalue weighted by molar-refractivity contribution is 6.35. The number of esters is 1. The third-order valence-corrected chi connectivity index (χ3v) is 6.06. The first-order chi connectivity index (χ1) is 12.3. The zero-order valence-corrected chi connectivity index (χ0v) is 17.1. The van der Waals surface area contributed by atoms with E-state index in [1.54, 1.807) is 18.2 Å². The fourth-order valence-corrected chi connectivity index (χ4v) is 4.30. The van der Waals surface area contributed by atoms with Crippen LogP contribution < -0.4 is 0 Å². The van der Waals surface area contributed by atoms with Gasteiger partial charge in [-0.1, -0.05) is 35.7 Å². The van der Waals surface area contributed by atoms with Crippen molar-refractivity contribution in [1.29, 1.82) is 5.26 Å². The minimum Gasteiger partial charge on any atom is -0.468 e. The molecule has 2 rings (SSSR count).